The zero-order chi connectivity index (χ0) is 14.0. The van der Waals surface area contributed by atoms with Gasteiger partial charge < -0.3 is 11.1 Å². The van der Waals surface area contributed by atoms with Crippen LogP contribution in [-0.2, 0) is 11.8 Å². The molecular weight excluding hydrogens is 315 g/mol. The van der Waals surface area contributed by atoms with E-state index in [9.17, 15) is 9.18 Å². The highest BCUT2D eigenvalue weighted by Crippen LogP contribution is 2.21. The average molecular weight is 327 g/mol. The first-order valence-electron chi connectivity index (χ1n) is 5.47. The van der Waals surface area contributed by atoms with Gasteiger partial charge in [0.1, 0.15) is 11.9 Å². The zero-order valence-electron chi connectivity index (χ0n) is 10.1. The van der Waals surface area contributed by atoms with Crippen molar-refractivity contribution in [2.45, 2.75) is 6.04 Å². The SMILES string of the molecule is Cn1cc(C(N)C(=O)Nc2cc(Br)ccc2F)cn1. The summed E-state index contributed by atoms with van der Waals surface area (Å²) in [5.74, 6) is -1.01. The first-order chi connectivity index (χ1) is 8.97. The Bertz CT molecular complexity index is 614. The molecule has 1 aromatic carbocycles. The van der Waals surface area contributed by atoms with E-state index in [4.69, 9.17) is 5.73 Å². The van der Waals surface area contributed by atoms with E-state index < -0.39 is 17.8 Å². The van der Waals surface area contributed by atoms with E-state index in [-0.39, 0.29) is 5.69 Å². The maximum atomic E-state index is 13.5. The van der Waals surface area contributed by atoms with Crippen LogP contribution in [0.25, 0.3) is 0 Å². The van der Waals surface area contributed by atoms with E-state index in [0.717, 1.165) is 0 Å². The van der Waals surface area contributed by atoms with Crippen LogP contribution in [0.1, 0.15) is 11.6 Å². The van der Waals surface area contributed by atoms with Crippen LogP contribution >= 0.6 is 15.9 Å². The Hall–Kier alpha value is -1.73. The second kappa shape index (κ2) is 5.50. The highest BCUT2D eigenvalue weighted by molar-refractivity contribution is 9.10. The number of nitrogens with zero attached hydrogens (tertiary/aromatic N) is 2. The molecular formula is C12H12BrFN4O. The van der Waals surface area contributed by atoms with Crippen molar-refractivity contribution >= 4 is 27.5 Å². The lowest BCUT2D eigenvalue weighted by Crippen LogP contribution is -2.27. The molecule has 0 radical (unpaired) electrons. The molecule has 0 saturated heterocycles. The van der Waals surface area contributed by atoms with Crippen LogP contribution in [0.4, 0.5) is 10.1 Å². The Balaban J connectivity index is 2.14. The predicted octanol–water partition coefficient (Wildman–Crippen LogP) is 1.96. The molecule has 0 saturated carbocycles. The second-order valence-electron chi connectivity index (χ2n) is 4.04. The van der Waals surface area contributed by atoms with E-state index in [0.29, 0.717) is 10.0 Å². The number of carbonyl (C=O) groups is 1. The lowest BCUT2D eigenvalue weighted by atomic mass is 10.1. The Labute approximate surface area is 117 Å². The number of aromatic nitrogens is 2. The summed E-state index contributed by atoms with van der Waals surface area (Å²) in [5, 5.41) is 6.39. The molecule has 0 bridgehead atoms. The molecule has 19 heavy (non-hydrogen) atoms. The van der Waals surface area contributed by atoms with Gasteiger partial charge in [-0.15, -0.1) is 0 Å². The number of nitrogens with two attached hydrogens (primary N) is 1. The van der Waals surface area contributed by atoms with E-state index in [1.165, 1.54) is 18.3 Å². The Morgan fingerprint density at radius 3 is 2.95 bits per heavy atom. The minimum Gasteiger partial charge on any atom is -0.322 e. The number of carbonyl (C=O) groups excluding carboxylic acids is 1. The highest BCUT2D eigenvalue weighted by atomic mass is 79.9. The summed E-state index contributed by atoms with van der Waals surface area (Å²) >= 11 is 3.21. The fourth-order valence-corrected chi connectivity index (χ4v) is 1.92. The number of rotatable bonds is 3. The summed E-state index contributed by atoms with van der Waals surface area (Å²) in [7, 11) is 1.72. The van der Waals surface area contributed by atoms with Gasteiger partial charge in [0.2, 0.25) is 5.91 Å². The molecule has 0 aliphatic heterocycles. The molecule has 100 valence electrons. The van der Waals surface area contributed by atoms with Crippen LogP contribution in [0, 0.1) is 5.82 Å². The Morgan fingerprint density at radius 1 is 1.58 bits per heavy atom. The summed E-state index contributed by atoms with van der Waals surface area (Å²) in [6, 6.07) is 3.39. The number of amides is 1. The van der Waals surface area contributed by atoms with Gasteiger partial charge in [-0.2, -0.15) is 5.10 Å². The largest absolute Gasteiger partial charge is 0.322 e. The molecule has 5 nitrogen and oxygen atoms in total. The molecule has 3 N–H and O–H groups in total. The molecule has 2 aromatic rings. The quantitative estimate of drug-likeness (QED) is 0.905. The monoisotopic (exact) mass is 326 g/mol. The van der Waals surface area contributed by atoms with Crippen molar-refractivity contribution in [3.05, 3.63) is 46.4 Å². The molecule has 2 rings (SSSR count). The van der Waals surface area contributed by atoms with Crippen molar-refractivity contribution in [3.63, 3.8) is 0 Å². The third kappa shape index (κ3) is 3.18. The summed E-state index contributed by atoms with van der Waals surface area (Å²) in [5.41, 5.74) is 6.44. The molecule has 7 heteroatoms. The van der Waals surface area contributed by atoms with Crippen LogP contribution in [0.2, 0.25) is 0 Å². The molecule has 1 aromatic heterocycles. The standard InChI is InChI=1S/C12H12BrFN4O/c1-18-6-7(5-16-18)11(15)12(19)17-10-4-8(13)2-3-9(10)14/h2-6,11H,15H2,1H3,(H,17,19). The van der Waals surface area contributed by atoms with E-state index in [2.05, 4.69) is 26.3 Å². The lowest BCUT2D eigenvalue weighted by molar-refractivity contribution is -0.117. The second-order valence-corrected chi connectivity index (χ2v) is 4.95. The molecule has 0 aliphatic rings. The number of hydrogen-bond donors (Lipinski definition) is 2. The van der Waals surface area contributed by atoms with Gasteiger partial charge in [0, 0.05) is 23.3 Å². The van der Waals surface area contributed by atoms with Crippen molar-refractivity contribution in [3.8, 4) is 0 Å². The lowest BCUT2D eigenvalue weighted by Gasteiger charge is -2.11. The minimum atomic E-state index is -0.896. The molecule has 1 unspecified atom stereocenters. The van der Waals surface area contributed by atoms with Crippen molar-refractivity contribution in [2.75, 3.05) is 5.32 Å². The van der Waals surface area contributed by atoms with Gasteiger partial charge >= 0.3 is 0 Å². The van der Waals surface area contributed by atoms with Gasteiger partial charge in [0.15, 0.2) is 0 Å². The van der Waals surface area contributed by atoms with Gasteiger partial charge in [-0.05, 0) is 18.2 Å². The van der Waals surface area contributed by atoms with Crippen molar-refractivity contribution in [2.24, 2.45) is 12.8 Å². The fraction of sp³-hybridized carbons (Fsp3) is 0.167. The van der Waals surface area contributed by atoms with Crippen LogP contribution in [0.5, 0.6) is 0 Å². The summed E-state index contributed by atoms with van der Waals surface area (Å²) in [6.45, 7) is 0. The average Bonchev–Trinajstić information content (AvgIpc) is 2.79. The number of hydrogen-bond acceptors (Lipinski definition) is 3. The van der Waals surface area contributed by atoms with Crippen LogP contribution < -0.4 is 11.1 Å². The first-order valence-corrected chi connectivity index (χ1v) is 6.26. The molecule has 1 heterocycles. The number of nitrogens with one attached hydrogen (secondary N) is 1. The van der Waals surface area contributed by atoms with Crippen molar-refractivity contribution < 1.29 is 9.18 Å². The van der Waals surface area contributed by atoms with Gasteiger partial charge in [-0.3, -0.25) is 9.48 Å². The maximum Gasteiger partial charge on any atom is 0.246 e. The summed E-state index contributed by atoms with van der Waals surface area (Å²) < 4.78 is 15.7. The topological polar surface area (TPSA) is 72.9 Å². The van der Waals surface area contributed by atoms with Crippen LogP contribution in [0.15, 0.2) is 35.1 Å². The number of halogens is 2. The Morgan fingerprint density at radius 2 is 2.32 bits per heavy atom. The molecule has 0 aliphatic carbocycles. The van der Waals surface area contributed by atoms with Crippen LogP contribution in [0.3, 0.4) is 0 Å². The first kappa shape index (κ1) is 13.7. The van der Waals surface area contributed by atoms with Gasteiger partial charge in [0.25, 0.3) is 0 Å². The summed E-state index contributed by atoms with van der Waals surface area (Å²) in [4.78, 5) is 11.9. The third-order valence-corrected chi connectivity index (χ3v) is 3.05. The number of aryl methyl sites for hydroxylation is 1. The third-order valence-electron chi connectivity index (χ3n) is 2.55. The number of anilines is 1. The molecule has 1 amide bonds. The minimum absolute atomic E-state index is 0.0821. The predicted molar refractivity (Wildman–Crippen MR) is 72.9 cm³/mol. The smallest absolute Gasteiger partial charge is 0.246 e. The molecule has 1 atom stereocenters. The number of benzene rings is 1. The van der Waals surface area contributed by atoms with Gasteiger partial charge in [-0.1, -0.05) is 15.9 Å². The van der Waals surface area contributed by atoms with Crippen LogP contribution in [-0.4, -0.2) is 15.7 Å². The Kier molecular flexibility index (Phi) is 3.96. The van der Waals surface area contributed by atoms with E-state index in [1.54, 1.807) is 24.0 Å². The normalized spacial score (nSPS) is 12.2. The van der Waals surface area contributed by atoms with E-state index >= 15 is 0 Å². The van der Waals surface area contributed by atoms with E-state index in [1.807, 2.05) is 0 Å². The van der Waals surface area contributed by atoms with Gasteiger partial charge in [0.05, 0.1) is 11.9 Å². The molecule has 0 fully saturated rings. The molecule has 0 spiro atoms. The highest BCUT2D eigenvalue weighted by Gasteiger charge is 2.18. The van der Waals surface area contributed by atoms with Crippen molar-refractivity contribution in [1.29, 1.82) is 0 Å². The van der Waals surface area contributed by atoms with Gasteiger partial charge in [-0.25, -0.2) is 4.39 Å². The maximum absolute atomic E-state index is 13.5. The van der Waals surface area contributed by atoms with Crippen molar-refractivity contribution in [1.82, 2.24) is 9.78 Å². The fourth-order valence-electron chi connectivity index (χ4n) is 1.56. The zero-order valence-corrected chi connectivity index (χ0v) is 11.7. The summed E-state index contributed by atoms with van der Waals surface area (Å²) in [6.07, 6.45) is 3.14.